The minimum absolute atomic E-state index is 0.137. The molecule has 0 spiro atoms. The van der Waals surface area contributed by atoms with E-state index >= 15 is 0 Å². The zero-order valence-corrected chi connectivity index (χ0v) is 10.4. The predicted molar refractivity (Wildman–Crippen MR) is 64.5 cm³/mol. The normalized spacial score (nSPS) is 12.2. The number of aliphatic hydroxyl groups excluding tert-OH is 1. The highest BCUT2D eigenvalue weighted by Gasteiger charge is 2.22. The zero-order valence-electron chi connectivity index (χ0n) is 10.4. The van der Waals surface area contributed by atoms with E-state index in [1.807, 2.05) is 26.0 Å². The molecule has 0 radical (unpaired) electrons. The van der Waals surface area contributed by atoms with E-state index < -0.39 is 11.9 Å². The summed E-state index contributed by atoms with van der Waals surface area (Å²) in [5.74, 6) is -0.823. The second-order valence-electron chi connectivity index (χ2n) is 4.08. The van der Waals surface area contributed by atoms with Gasteiger partial charge in [-0.3, -0.25) is 4.79 Å². The third-order valence-electron chi connectivity index (χ3n) is 2.87. The van der Waals surface area contributed by atoms with Crippen molar-refractivity contribution < 1.29 is 19.7 Å². The van der Waals surface area contributed by atoms with Crippen LogP contribution in [0.5, 0.6) is 5.75 Å². The fourth-order valence-corrected chi connectivity index (χ4v) is 1.95. The molecule has 1 atom stereocenters. The smallest absolute Gasteiger partial charge is 0.311 e. The van der Waals surface area contributed by atoms with Crippen molar-refractivity contribution in [3.63, 3.8) is 0 Å². The lowest BCUT2D eigenvalue weighted by atomic mass is 9.90. The lowest BCUT2D eigenvalue weighted by molar-refractivity contribution is -0.139. The SMILES string of the molecule is COc1cc(C)c(C(CCO)C(=O)O)cc1C. The van der Waals surface area contributed by atoms with Crippen LogP contribution in [0.15, 0.2) is 12.1 Å². The Morgan fingerprint density at radius 3 is 2.47 bits per heavy atom. The van der Waals surface area contributed by atoms with Crippen molar-refractivity contribution in [3.05, 3.63) is 28.8 Å². The predicted octanol–water partition coefficient (Wildman–Crippen LogP) is 1.86. The number of methoxy groups -OCH3 is 1. The average Bonchev–Trinajstić information content (AvgIpc) is 2.28. The number of benzene rings is 1. The van der Waals surface area contributed by atoms with E-state index in [0.717, 1.165) is 22.4 Å². The molecule has 1 aromatic carbocycles. The van der Waals surface area contributed by atoms with Gasteiger partial charge in [-0.15, -0.1) is 0 Å². The largest absolute Gasteiger partial charge is 0.496 e. The van der Waals surface area contributed by atoms with Gasteiger partial charge in [-0.25, -0.2) is 0 Å². The number of rotatable bonds is 5. The molecule has 0 aromatic heterocycles. The summed E-state index contributed by atoms with van der Waals surface area (Å²) in [6.45, 7) is 3.59. The number of hydrogen-bond donors (Lipinski definition) is 2. The number of aryl methyl sites for hydroxylation is 2. The van der Waals surface area contributed by atoms with Crippen LogP contribution in [0.2, 0.25) is 0 Å². The number of hydrogen-bond acceptors (Lipinski definition) is 3. The molecule has 17 heavy (non-hydrogen) atoms. The van der Waals surface area contributed by atoms with Gasteiger partial charge in [0.1, 0.15) is 5.75 Å². The van der Waals surface area contributed by atoms with Gasteiger partial charge in [-0.2, -0.15) is 0 Å². The molecular formula is C13H18O4. The molecule has 1 unspecified atom stereocenters. The number of aliphatic carboxylic acids is 1. The Labute approximate surface area is 101 Å². The highest BCUT2D eigenvalue weighted by Crippen LogP contribution is 2.29. The molecule has 0 saturated carbocycles. The maximum atomic E-state index is 11.2. The molecule has 4 nitrogen and oxygen atoms in total. The molecule has 0 fully saturated rings. The Morgan fingerprint density at radius 1 is 1.35 bits per heavy atom. The van der Waals surface area contributed by atoms with Crippen LogP contribution in [-0.4, -0.2) is 29.9 Å². The first-order valence-electron chi connectivity index (χ1n) is 5.50. The quantitative estimate of drug-likeness (QED) is 0.821. The van der Waals surface area contributed by atoms with Crippen LogP contribution in [0, 0.1) is 13.8 Å². The fraction of sp³-hybridized carbons (Fsp3) is 0.462. The van der Waals surface area contributed by atoms with Crippen LogP contribution >= 0.6 is 0 Å². The van der Waals surface area contributed by atoms with Crippen LogP contribution < -0.4 is 4.74 Å². The van der Waals surface area contributed by atoms with Gasteiger partial charge in [0, 0.05) is 6.61 Å². The van der Waals surface area contributed by atoms with Crippen LogP contribution in [0.25, 0.3) is 0 Å². The summed E-state index contributed by atoms with van der Waals surface area (Å²) in [7, 11) is 1.59. The maximum Gasteiger partial charge on any atom is 0.311 e. The van der Waals surface area contributed by atoms with Crippen molar-refractivity contribution in [3.8, 4) is 5.75 Å². The third-order valence-corrected chi connectivity index (χ3v) is 2.87. The highest BCUT2D eigenvalue weighted by molar-refractivity contribution is 5.77. The minimum Gasteiger partial charge on any atom is -0.496 e. The second-order valence-corrected chi connectivity index (χ2v) is 4.08. The van der Waals surface area contributed by atoms with Gasteiger partial charge in [-0.1, -0.05) is 6.07 Å². The Kier molecular flexibility index (Phi) is 4.52. The molecule has 0 saturated heterocycles. The van der Waals surface area contributed by atoms with Crippen LogP contribution in [0.1, 0.15) is 29.0 Å². The van der Waals surface area contributed by atoms with E-state index in [4.69, 9.17) is 14.9 Å². The van der Waals surface area contributed by atoms with Crippen molar-refractivity contribution in [1.29, 1.82) is 0 Å². The van der Waals surface area contributed by atoms with Crippen LogP contribution in [0.4, 0.5) is 0 Å². The van der Waals surface area contributed by atoms with Gasteiger partial charge < -0.3 is 14.9 Å². The summed E-state index contributed by atoms with van der Waals surface area (Å²) in [5.41, 5.74) is 2.51. The number of ether oxygens (including phenoxy) is 1. The first-order valence-corrected chi connectivity index (χ1v) is 5.50. The molecule has 1 rings (SSSR count). The molecule has 0 aliphatic heterocycles. The van der Waals surface area contributed by atoms with Gasteiger partial charge >= 0.3 is 5.97 Å². The monoisotopic (exact) mass is 238 g/mol. The Morgan fingerprint density at radius 2 is 2.00 bits per heavy atom. The summed E-state index contributed by atoms with van der Waals surface area (Å²) < 4.78 is 5.18. The molecule has 94 valence electrons. The zero-order chi connectivity index (χ0) is 13.0. The van der Waals surface area contributed by atoms with E-state index in [0.29, 0.717) is 0 Å². The molecule has 2 N–H and O–H groups in total. The van der Waals surface area contributed by atoms with Gasteiger partial charge in [-0.05, 0) is 43.0 Å². The topological polar surface area (TPSA) is 66.8 Å². The third kappa shape index (κ3) is 2.97. The van der Waals surface area contributed by atoms with Gasteiger partial charge in [0.25, 0.3) is 0 Å². The fourth-order valence-electron chi connectivity index (χ4n) is 1.95. The molecule has 0 amide bonds. The van der Waals surface area contributed by atoms with E-state index in [1.54, 1.807) is 7.11 Å². The molecule has 0 bridgehead atoms. The number of carboxylic acid groups (broad SMARTS) is 1. The Balaban J connectivity index is 3.20. The maximum absolute atomic E-state index is 11.2. The van der Waals surface area contributed by atoms with Gasteiger partial charge in [0.2, 0.25) is 0 Å². The minimum atomic E-state index is -0.910. The molecule has 0 heterocycles. The van der Waals surface area contributed by atoms with Crippen LogP contribution in [-0.2, 0) is 4.79 Å². The van der Waals surface area contributed by atoms with Crippen molar-refractivity contribution in [2.24, 2.45) is 0 Å². The lowest BCUT2D eigenvalue weighted by Gasteiger charge is -2.16. The summed E-state index contributed by atoms with van der Waals surface area (Å²) in [5, 5.41) is 18.1. The summed E-state index contributed by atoms with van der Waals surface area (Å²) in [6.07, 6.45) is 0.224. The van der Waals surface area contributed by atoms with E-state index in [-0.39, 0.29) is 13.0 Å². The highest BCUT2D eigenvalue weighted by atomic mass is 16.5. The summed E-state index contributed by atoms with van der Waals surface area (Å²) in [6, 6.07) is 3.65. The molecule has 4 heteroatoms. The van der Waals surface area contributed by atoms with Crippen molar-refractivity contribution in [2.45, 2.75) is 26.2 Å². The molecule has 0 aliphatic carbocycles. The first kappa shape index (κ1) is 13.5. The Bertz CT molecular complexity index is 412. The molecular weight excluding hydrogens is 220 g/mol. The van der Waals surface area contributed by atoms with Crippen molar-refractivity contribution in [1.82, 2.24) is 0 Å². The molecule has 1 aromatic rings. The second kappa shape index (κ2) is 5.68. The van der Waals surface area contributed by atoms with Crippen LogP contribution in [0.3, 0.4) is 0 Å². The van der Waals surface area contributed by atoms with Gasteiger partial charge in [0.15, 0.2) is 0 Å². The van der Waals surface area contributed by atoms with E-state index in [1.165, 1.54) is 0 Å². The van der Waals surface area contributed by atoms with E-state index in [9.17, 15) is 4.79 Å². The van der Waals surface area contributed by atoms with Crippen molar-refractivity contribution in [2.75, 3.05) is 13.7 Å². The first-order chi connectivity index (χ1) is 8.01. The van der Waals surface area contributed by atoms with E-state index in [2.05, 4.69) is 0 Å². The average molecular weight is 238 g/mol. The number of carbonyl (C=O) groups is 1. The summed E-state index contributed by atoms with van der Waals surface area (Å²) >= 11 is 0. The molecule has 0 aliphatic rings. The standard InChI is InChI=1S/C13H18O4/c1-8-7-12(17-3)9(2)6-11(8)10(4-5-14)13(15)16/h6-7,10,14H,4-5H2,1-3H3,(H,15,16). The number of carboxylic acids is 1. The van der Waals surface area contributed by atoms with Gasteiger partial charge in [0.05, 0.1) is 13.0 Å². The van der Waals surface area contributed by atoms with Crippen molar-refractivity contribution >= 4 is 5.97 Å². The number of aliphatic hydroxyl groups is 1. The summed E-state index contributed by atoms with van der Waals surface area (Å²) in [4.78, 5) is 11.2. The Hall–Kier alpha value is -1.55. The lowest BCUT2D eigenvalue weighted by Crippen LogP contribution is -2.14.